The molecule has 0 spiro atoms. The topological polar surface area (TPSA) is 39.7 Å². The van der Waals surface area contributed by atoms with E-state index in [0.29, 0.717) is 25.9 Å². The van der Waals surface area contributed by atoms with Gasteiger partial charge in [0, 0.05) is 43.8 Å². The summed E-state index contributed by atoms with van der Waals surface area (Å²) in [4.78, 5) is 0. The second-order valence-electron chi connectivity index (χ2n) is 5.16. The zero-order chi connectivity index (χ0) is 14.9. The zero-order valence-corrected chi connectivity index (χ0v) is 13.3. The van der Waals surface area contributed by atoms with Crippen molar-refractivity contribution in [2.75, 3.05) is 33.5 Å². The van der Waals surface area contributed by atoms with E-state index in [9.17, 15) is 0 Å². The third-order valence-electron chi connectivity index (χ3n) is 3.58. The van der Waals surface area contributed by atoms with E-state index in [1.807, 2.05) is 18.2 Å². The van der Waals surface area contributed by atoms with Crippen molar-refractivity contribution in [3.05, 3.63) is 28.8 Å². The molecule has 1 atom stereocenters. The Morgan fingerprint density at radius 2 is 2.29 bits per heavy atom. The van der Waals surface area contributed by atoms with E-state index in [-0.39, 0.29) is 0 Å². The maximum absolute atomic E-state index is 6.27. The van der Waals surface area contributed by atoms with Gasteiger partial charge in [-0.05, 0) is 25.0 Å². The van der Waals surface area contributed by atoms with Gasteiger partial charge in [0.25, 0.3) is 0 Å². The van der Waals surface area contributed by atoms with Crippen LogP contribution in [0.25, 0.3) is 0 Å². The molecule has 0 saturated carbocycles. The third-order valence-corrected chi connectivity index (χ3v) is 3.94. The van der Waals surface area contributed by atoms with Crippen LogP contribution in [0.5, 0.6) is 5.75 Å². The molecule has 0 aliphatic carbocycles. The van der Waals surface area contributed by atoms with Crippen molar-refractivity contribution in [1.29, 1.82) is 0 Å². The monoisotopic (exact) mass is 313 g/mol. The number of benzene rings is 1. The average Bonchev–Trinajstić information content (AvgIpc) is 2.99. The molecule has 1 aliphatic heterocycles. The number of rotatable bonds is 9. The summed E-state index contributed by atoms with van der Waals surface area (Å²) in [6, 6.07) is 5.78. The molecule has 5 heteroatoms. The first kappa shape index (κ1) is 16.6. The van der Waals surface area contributed by atoms with E-state index in [1.165, 1.54) is 0 Å². The number of methoxy groups -OCH3 is 1. The summed E-state index contributed by atoms with van der Waals surface area (Å²) in [5.41, 5.74) is 1.00. The predicted molar refractivity (Wildman–Crippen MR) is 84.1 cm³/mol. The lowest BCUT2D eigenvalue weighted by Crippen LogP contribution is -2.19. The highest BCUT2D eigenvalue weighted by molar-refractivity contribution is 6.31. The summed E-state index contributed by atoms with van der Waals surface area (Å²) in [7, 11) is 1.69. The summed E-state index contributed by atoms with van der Waals surface area (Å²) in [6.07, 6.45) is 3.59. The molecular weight excluding hydrogens is 290 g/mol. The van der Waals surface area contributed by atoms with Crippen LogP contribution in [0, 0.1) is 0 Å². The maximum atomic E-state index is 6.27. The van der Waals surface area contributed by atoms with E-state index in [1.54, 1.807) is 7.11 Å². The summed E-state index contributed by atoms with van der Waals surface area (Å²) in [6.45, 7) is 3.70. The van der Waals surface area contributed by atoms with Gasteiger partial charge >= 0.3 is 0 Å². The minimum atomic E-state index is 0.354. The van der Waals surface area contributed by atoms with Crippen molar-refractivity contribution in [3.63, 3.8) is 0 Å². The van der Waals surface area contributed by atoms with E-state index in [0.717, 1.165) is 48.7 Å². The summed E-state index contributed by atoms with van der Waals surface area (Å²) >= 11 is 6.27. The van der Waals surface area contributed by atoms with Crippen molar-refractivity contribution < 1.29 is 14.2 Å². The highest BCUT2D eigenvalue weighted by Crippen LogP contribution is 2.27. The minimum Gasteiger partial charge on any atom is -0.493 e. The van der Waals surface area contributed by atoms with Crippen molar-refractivity contribution in [2.45, 2.75) is 31.9 Å². The summed E-state index contributed by atoms with van der Waals surface area (Å²) < 4.78 is 16.5. The van der Waals surface area contributed by atoms with Crippen LogP contribution in [0.2, 0.25) is 5.02 Å². The van der Waals surface area contributed by atoms with Crippen LogP contribution >= 0.6 is 11.6 Å². The van der Waals surface area contributed by atoms with Crippen LogP contribution in [0.3, 0.4) is 0 Å². The molecule has 1 N–H and O–H groups in total. The Bertz CT molecular complexity index is 422. The first-order valence-corrected chi connectivity index (χ1v) is 7.90. The SMILES string of the molecule is COCCNCc1c(Cl)cccc1OCCC1CCCO1. The van der Waals surface area contributed by atoms with Crippen LogP contribution in [-0.2, 0) is 16.0 Å². The lowest BCUT2D eigenvalue weighted by atomic mass is 10.2. The predicted octanol–water partition coefficient (Wildman–Crippen LogP) is 3.02. The van der Waals surface area contributed by atoms with E-state index in [4.69, 9.17) is 25.8 Å². The number of hydrogen-bond donors (Lipinski definition) is 1. The molecule has 1 aromatic carbocycles. The van der Waals surface area contributed by atoms with Gasteiger partial charge in [-0.15, -0.1) is 0 Å². The molecule has 0 bridgehead atoms. The smallest absolute Gasteiger partial charge is 0.125 e. The molecule has 1 aromatic rings. The maximum Gasteiger partial charge on any atom is 0.125 e. The Labute approximate surface area is 131 Å². The average molecular weight is 314 g/mol. The summed E-state index contributed by atoms with van der Waals surface area (Å²) in [5, 5.41) is 4.03. The van der Waals surface area contributed by atoms with Gasteiger partial charge in [0.05, 0.1) is 19.3 Å². The van der Waals surface area contributed by atoms with Gasteiger partial charge in [0.15, 0.2) is 0 Å². The Morgan fingerprint density at radius 1 is 1.38 bits per heavy atom. The second-order valence-corrected chi connectivity index (χ2v) is 5.57. The lowest BCUT2D eigenvalue weighted by Gasteiger charge is -2.15. The Kier molecular flexibility index (Phi) is 7.30. The second kappa shape index (κ2) is 9.26. The van der Waals surface area contributed by atoms with Crippen molar-refractivity contribution >= 4 is 11.6 Å². The van der Waals surface area contributed by atoms with Gasteiger partial charge in [-0.2, -0.15) is 0 Å². The fraction of sp³-hybridized carbons (Fsp3) is 0.625. The first-order chi connectivity index (χ1) is 10.3. The molecule has 118 valence electrons. The third kappa shape index (κ3) is 5.47. The van der Waals surface area contributed by atoms with Crippen LogP contribution in [0.4, 0.5) is 0 Å². The standard InChI is InChI=1S/C16H24ClNO3/c1-19-11-8-18-12-14-15(17)5-2-6-16(14)21-10-7-13-4-3-9-20-13/h2,5-6,13,18H,3-4,7-12H2,1H3. The Morgan fingerprint density at radius 3 is 3.05 bits per heavy atom. The molecule has 2 rings (SSSR count). The van der Waals surface area contributed by atoms with Crippen LogP contribution in [0.1, 0.15) is 24.8 Å². The molecule has 0 radical (unpaired) electrons. The minimum absolute atomic E-state index is 0.354. The van der Waals surface area contributed by atoms with E-state index in [2.05, 4.69) is 5.32 Å². The largest absolute Gasteiger partial charge is 0.493 e. The van der Waals surface area contributed by atoms with Crippen molar-refractivity contribution in [3.8, 4) is 5.75 Å². The van der Waals surface area contributed by atoms with Gasteiger partial charge in [0.1, 0.15) is 5.75 Å². The highest BCUT2D eigenvalue weighted by atomic mass is 35.5. The molecule has 21 heavy (non-hydrogen) atoms. The molecule has 1 unspecified atom stereocenters. The fourth-order valence-corrected chi connectivity index (χ4v) is 2.64. The van der Waals surface area contributed by atoms with Crippen molar-refractivity contribution in [1.82, 2.24) is 5.32 Å². The van der Waals surface area contributed by atoms with Crippen LogP contribution in [-0.4, -0.2) is 39.6 Å². The zero-order valence-electron chi connectivity index (χ0n) is 12.6. The van der Waals surface area contributed by atoms with E-state index >= 15 is 0 Å². The molecule has 1 aliphatic rings. The quantitative estimate of drug-likeness (QED) is 0.711. The molecule has 1 saturated heterocycles. The molecular formula is C16H24ClNO3. The van der Waals surface area contributed by atoms with Crippen LogP contribution in [0.15, 0.2) is 18.2 Å². The molecule has 0 aromatic heterocycles. The molecule has 0 amide bonds. The number of halogens is 1. The Balaban J connectivity index is 1.83. The fourth-order valence-electron chi connectivity index (χ4n) is 2.41. The normalized spacial score (nSPS) is 18.1. The number of nitrogens with one attached hydrogen (secondary N) is 1. The van der Waals surface area contributed by atoms with Gasteiger partial charge in [0.2, 0.25) is 0 Å². The molecule has 1 heterocycles. The first-order valence-electron chi connectivity index (χ1n) is 7.52. The van der Waals surface area contributed by atoms with Crippen molar-refractivity contribution in [2.24, 2.45) is 0 Å². The number of hydrogen-bond acceptors (Lipinski definition) is 4. The molecule has 1 fully saturated rings. The van der Waals surface area contributed by atoms with Crippen LogP contribution < -0.4 is 10.1 Å². The Hall–Kier alpha value is -0.810. The van der Waals surface area contributed by atoms with Gasteiger partial charge in [-0.25, -0.2) is 0 Å². The lowest BCUT2D eigenvalue weighted by molar-refractivity contribution is 0.0902. The van der Waals surface area contributed by atoms with Gasteiger partial charge < -0.3 is 19.5 Å². The van der Waals surface area contributed by atoms with Gasteiger partial charge in [-0.3, -0.25) is 0 Å². The van der Waals surface area contributed by atoms with E-state index < -0.39 is 0 Å². The number of ether oxygens (including phenoxy) is 3. The van der Waals surface area contributed by atoms with Gasteiger partial charge in [-0.1, -0.05) is 17.7 Å². The highest BCUT2D eigenvalue weighted by Gasteiger charge is 2.15. The summed E-state index contributed by atoms with van der Waals surface area (Å²) in [5.74, 6) is 0.852. The molecule has 4 nitrogen and oxygen atoms in total.